The van der Waals surface area contributed by atoms with Crippen molar-refractivity contribution in [2.24, 2.45) is 5.14 Å². The lowest BCUT2D eigenvalue weighted by atomic mass is 10.2. The molecule has 0 bridgehead atoms. The minimum absolute atomic E-state index is 0.0216. The average Bonchev–Trinajstić information content (AvgIpc) is 3.07. The number of nitrogens with one attached hydrogen (secondary N) is 1. The first-order valence-electron chi connectivity index (χ1n) is 9.96. The van der Waals surface area contributed by atoms with E-state index in [0.29, 0.717) is 10.6 Å². The number of sulfonamides is 1. The van der Waals surface area contributed by atoms with Gasteiger partial charge in [0.2, 0.25) is 21.8 Å². The van der Waals surface area contributed by atoms with Gasteiger partial charge in [0, 0.05) is 17.0 Å². The summed E-state index contributed by atoms with van der Waals surface area (Å²) in [5.41, 5.74) is 0.632. The molecule has 1 fully saturated rings. The first-order valence-corrected chi connectivity index (χ1v) is 12.4. The predicted octanol–water partition coefficient (Wildman–Crippen LogP) is 3.15. The third kappa shape index (κ3) is 5.01. The van der Waals surface area contributed by atoms with Gasteiger partial charge in [0.25, 0.3) is 5.91 Å². The fourth-order valence-corrected chi connectivity index (χ4v) is 4.95. The van der Waals surface area contributed by atoms with E-state index in [2.05, 4.69) is 5.32 Å². The summed E-state index contributed by atoms with van der Waals surface area (Å²) in [6.07, 6.45) is -0.0216. The molecule has 0 aliphatic carbocycles. The van der Waals surface area contributed by atoms with E-state index in [9.17, 15) is 27.2 Å². The zero-order chi connectivity index (χ0) is 24.5. The molecule has 3 aromatic carbocycles. The number of anilines is 2. The van der Waals surface area contributed by atoms with E-state index in [-0.39, 0.29) is 22.6 Å². The lowest BCUT2D eigenvalue weighted by Crippen LogP contribution is -2.31. The van der Waals surface area contributed by atoms with Crippen molar-refractivity contribution in [1.82, 2.24) is 0 Å². The van der Waals surface area contributed by atoms with Crippen LogP contribution in [0.1, 0.15) is 16.8 Å². The Kier molecular flexibility index (Phi) is 6.51. The number of benzene rings is 3. The van der Waals surface area contributed by atoms with Crippen LogP contribution < -0.4 is 15.4 Å². The summed E-state index contributed by atoms with van der Waals surface area (Å²) in [7, 11) is -3.89. The van der Waals surface area contributed by atoms with Gasteiger partial charge in [-0.2, -0.15) is 0 Å². The van der Waals surface area contributed by atoms with Crippen molar-refractivity contribution >= 4 is 50.9 Å². The number of thioether (sulfide) groups is 1. The summed E-state index contributed by atoms with van der Waals surface area (Å²) in [6, 6.07) is 17.4. The number of primary sulfonamides is 1. The molecule has 0 radical (unpaired) electrons. The normalized spacial score (nSPS) is 16.1. The van der Waals surface area contributed by atoms with E-state index in [4.69, 9.17) is 5.14 Å². The Hall–Kier alpha value is -3.54. The molecule has 174 valence electrons. The molecule has 3 N–H and O–H groups in total. The number of halogens is 1. The molecule has 0 spiro atoms. The second-order valence-electron chi connectivity index (χ2n) is 7.38. The fraction of sp³-hybridized carbons (Fsp3) is 0.0870. The van der Waals surface area contributed by atoms with Gasteiger partial charge in [-0.05, 0) is 60.7 Å². The van der Waals surface area contributed by atoms with Crippen molar-refractivity contribution in [1.29, 1.82) is 0 Å². The van der Waals surface area contributed by atoms with Gasteiger partial charge >= 0.3 is 0 Å². The number of nitrogens with two attached hydrogens (primary N) is 1. The van der Waals surface area contributed by atoms with E-state index < -0.39 is 38.8 Å². The van der Waals surface area contributed by atoms with Gasteiger partial charge in [0.05, 0.1) is 21.4 Å². The van der Waals surface area contributed by atoms with Crippen molar-refractivity contribution in [3.63, 3.8) is 0 Å². The Balaban J connectivity index is 1.42. The Bertz CT molecular complexity index is 1380. The van der Waals surface area contributed by atoms with Crippen molar-refractivity contribution < 1.29 is 27.2 Å². The van der Waals surface area contributed by atoms with Crippen LogP contribution in [0.15, 0.2) is 82.6 Å². The number of rotatable bonds is 6. The highest BCUT2D eigenvalue weighted by Crippen LogP contribution is 2.34. The van der Waals surface area contributed by atoms with Crippen molar-refractivity contribution in [3.05, 3.63) is 84.2 Å². The van der Waals surface area contributed by atoms with Crippen molar-refractivity contribution in [3.8, 4) is 0 Å². The minimum atomic E-state index is -3.89. The van der Waals surface area contributed by atoms with Crippen LogP contribution in [0, 0.1) is 5.82 Å². The van der Waals surface area contributed by atoms with E-state index >= 15 is 0 Å². The van der Waals surface area contributed by atoms with Gasteiger partial charge in [-0.3, -0.25) is 14.4 Å². The van der Waals surface area contributed by atoms with Crippen molar-refractivity contribution in [2.45, 2.75) is 21.5 Å². The Morgan fingerprint density at radius 2 is 1.65 bits per heavy atom. The van der Waals surface area contributed by atoms with Crippen LogP contribution in [0.2, 0.25) is 0 Å². The van der Waals surface area contributed by atoms with E-state index in [0.717, 1.165) is 4.90 Å². The highest BCUT2D eigenvalue weighted by molar-refractivity contribution is 8.00. The average molecular weight is 500 g/mol. The molecule has 1 aliphatic rings. The molecule has 4 rings (SSSR count). The predicted molar refractivity (Wildman–Crippen MR) is 125 cm³/mol. The minimum Gasteiger partial charge on any atom is -0.322 e. The summed E-state index contributed by atoms with van der Waals surface area (Å²) in [5, 5.41) is 7.03. The molecule has 0 saturated carbocycles. The molecule has 3 amide bonds. The molecule has 8 nitrogen and oxygen atoms in total. The molecule has 1 atom stereocenters. The summed E-state index contributed by atoms with van der Waals surface area (Å²) in [5.74, 6) is -2.03. The van der Waals surface area contributed by atoms with E-state index in [1.54, 1.807) is 30.3 Å². The molecule has 11 heteroatoms. The zero-order valence-corrected chi connectivity index (χ0v) is 19.1. The SMILES string of the molecule is NS(=O)(=O)c1ccc(N2C(=O)CC(Sc3ccc(NC(=O)c4ccccc4F)cc3)C2=O)cc1. The fourth-order valence-electron chi connectivity index (χ4n) is 3.38. The number of hydrogen-bond donors (Lipinski definition) is 2. The van der Waals surface area contributed by atoms with E-state index in [1.165, 1.54) is 54.2 Å². The van der Waals surface area contributed by atoms with Gasteiger partial charge in [0.15, 0.2) is 0 Å². The number of nitrogens with zero attached hydrogens (tertiary/aromatic N) is 1. The molecule has 1 saturated heterocycles. The Morgan fingerprint density at radius 3 is 2.26 bits per heavy atom. The van der Waals surface area contributed by atoms with Crippen LogP contribution in [-0.4, -0.2) is 31.4 Å². The maximum atomic E-state index is 13.8. The molecule has 34 heavy (non-hydrogen) atoms. The number of amides is 3. The summed E-state index contributed by atoms with van der Waals surface area (Å²) in [6.45, 7) is 0. The molecule has 1 heterocycles. The molecule has 3 aromatic rings. The first-order chi connectivity index (χ1) is 16.1. The number of carbonyl (C=O) groups is 3. The molecular formula is C23H18FN3O5S2. The summed E-state index contributed by atoms with van der Waals surface area (Å²) >= 11 is 1.19. The Morgan fingerprint density at radius 1 is 1.00 bits per heavy atom. The second kappa shape index (κ2) is 9.37. The van der Waals surface area contributed by atoms with Crippen LogP contribution >= 0.6 is 11.8 Å². The molecular weight excluding hydrogens is 481 g/mol. The van der Waals surface area contributed by atoms with Crippen LogP contribution in [0.25, 0.3) is 0 Å². The third-order valence-electron chi connectivity index (χ3n) is 5.04. The standard InChI is InChI=1S/C23H18FN3O5S2/c24-19-4-2-1-3-18(19)22(29)26-14-5-9-16(10-6-14)33-20-13-21(28)27(23(20)30)15-7-11-17(12-8-15)34(25,31)32/h1-12,20H,13H2,(H,26,29)(H2,25,31,32). The maximum Gasteiger partial charge on any atom is 0.258 e. The lowest BCUT2D eigenvalue weighted by molar-refractivity contribution is -0.121. The maximum absolute atomic E-state index is 13.8. The van der Waals surface area contributed by atoms with E-state index in [1.807, 2.05) is 0 Å². The number of imide groups is 1. The summed E-state index contributed by atoms with van der Waals surface area (Å²) < 4.78 is 36.6. The quantitative estimate of drug-likeness (QED) is 0.502. The first kappa shape index (κ1) is 23.6. The van der Waals surface area contributed by atoms with Crippen LogP contribution in [0.5, 0.6) is 0 Å². The third-order valence-corrected chi connectivity index (χ3v) is 7.16. The lowest BCUT2D eigenvalue weighted by Gasteiger charge is -2.15. The highest BCUT2D eigenvalue weighted by Gasteiger charge is 2.40. The van der Waals surface area contributed by atoms with Gasteiger partial charge in [-0.15, -0.1) is 11.8 Å². The number of hydrogen-bond acceptors (Lipinski definition) is 6. The monoisotopic (exact) mass is 499 g/mol. The number of carbonyl (C=O) groups excluding carboxylic acids is 3. The van der Waals surface area contributed by atoms with Gasteiger partial charge < -0.3 is 5.32 Å². The largest absolute Gasteiger partial charge is 0.322 e. The highest BCUT2D eigenvalue weighted by atomic mass is 32.2. The zero-order valence-electron chi connectivity index (χ0n) is 17.5. The van der Waals surface area contributed by atoms with Crippen molar-refractivity contribution in [2.75, 3.05) is 10.2 Å². The van der Waals surface area contributed by atoms with Gasteiger partial charge in [-0.25, -0.2) is 22.8 Å². The second-order valence-corrected chi connectivity index (χ2v) is 10.2. The van der Waals surface area contributed by atoms with Gasteiger partial charge in [-0.1, -0.05) is 12.1 Å². The Labute approximate surface area is 199 Å². The summed E-state index contributed by atoms with van der Waals surface area (Å²) in [4.78, 5) is 39.2. The smallest absolute Gasteiger partial charge is 0.258 e. The molecule has 1 unspecified atom stereocenters. The molecule has 0 aromatic heterocycles. The van der Waals surface area contributed by atoms with Gasteiger partial charge in [0.1, 0.15) is 5.82 Å². The molecule has 1 aliphatic heterocycles. The van der Waals surface area contributed by atoms with Crippen LogP contribution in [-0.2, 0) is 19.6 Å². The van der Waals surface area contributed by atoms with Crippen LogP contribution in [0.3, 0.4) is 0 Å². The topological polar surface area (TPSA) is 127 Å². The van der Waals surface area contributed by atoms with Crippen LogP contribution in [0.4, 0.5) is 15.8 Å².